The molecule has 6 nitrogen and oxygen atoms in total. The lowest BCUT2D eigenvalue weighted by Gasteiger charge is -2.30. The third-order valence-corrected chi connectivity index (χ3v) is 3.98. The summed E-state index contributed by atoms with van der Waals surface area (Å²) in [5.41, 5.74) is 0. The van der Waals surface area contributed by atoms with Gasteiger partial charge in [0.05, 0.1) is 32.9 Å². The van der Waals surface area contributed by atoms with Gasteiger partial charge in [-0.25, -0.2) is 0 Å². The molecule has 7 heteroatoms. The highest BCUT2D eigenvalue weighted by atomic mass is 32.2. The summed E-state index contributed by atoms with van der Waals surface area (Å²) in [6, 6.07) is 0. The van der Waals surface area contributed by atoms with Crippen molar-refractivity contribution in [2.45, 2.75) is 33.1 Å². The Labute approximate surface area is 122 Å². The highest BCUT2D eigenvalue weighted by Gasteiger charge is 2.15. The smallest absolute Gasteiger partial charge is 0.264 e. The van der Waals surface area contributed by atoms with Gasteiger partial charge in [-0.1, -0.05) is 13.8 Å². The molecule has 2 N–H and O–H groups in total. The Morgan fingerprint density at radius 3 is 2.20 bits per heavy atom. The van der Waals surface area contributed by atoms with Gasteiger partial charge in [0.15, 0.2) is 0 Å². The van der Waals surface area contributed by atoms with Crippen molar-refractivity contribution in [2.75, 3.05) is 39.5 Å². The molecule has 120 valence electrons. The highest BCUT2D eigenvalue weighted by Crippen LogP contribution is 2.04. The molecule has 0 atom stereocenters. The molecule has 0 aliphatic heterocycles. The molecule has 0 aromatic carbocycles. The van der Waals surface area contributed by atoms with E-state index in [1.807, 2.05) is 13.8 Å². The van der Waals surface area contributed by atoms with E-state index in [1.165, 1.54) is 0 Å². The first-order chi connectivity index (χ1) is 9.03. The predicted octanol–water partition coefficient (Wildman–Crippen LogP) is 0.893. The fourth-order valence-electron chi connectivity index (χ4n) is 1.86. The Bertz CT molecular complexity index is 391. The molecule has 0 fully saturated rings. The predicted molar refractivity (Wildman–Crippen MR) is 80.0 cm³/mol. The van der Waals surface area contributed by atoms with Crippen molar-refractivity contribution in [1.82, 2.24) is 5.32 Å². The Morgan fingerprint density at radius 1 is 1.15 bits per heavy atom. The zero-order valence-electron chi connectivity index (χ0n) is 13.1. The largest absolute Gasteiger partial charge is 0.356 e. The van der Waals surface area contributed by atoms with E-state index in [-0.39, 0.29) is 17.6 Å². The van der Waals surface area contributed by atoms with Crippen molar-refractivity contribution in [2.24, 2.45) is 5.92 Å². The van der Waals surface area contributed by atoms with E-state index in [0.29, 0.717) is 13.0 Å². The maximum Gasteiger partial charge on any atom is 0.264 e. The molecule has 0 aliphatic carbocycles. The number of unbranched alkanes of at least 4 members (excludes halogenated alkanes) is 1. The van der Waals surface area contributed by atoms with Crippen molar-refractivity contribution in [3.05, 3.63) is 0 Å². The van der Waals surface area contributed by atoms with Crippen molar-refractivity contribution in [1.29, 1.82) is 0 Å². The van der Waals surface area contributed by atoms with Crippen LogP contribution in [-0.2, 0) is 14.9 Å². The molecule has 1 amide bonds. The van der Waals surface area contributed by atoms with E-state index in [2.05, 4.69) is 19.4 Å². The lowest BCUT2D eigenvalue weighted by Crippen LogP contribution is -2.42. The van der Waals surface area contributed by atoms with Gasteiger partial charge in [-0.2, -0.15) is 8.42 Å². The van der Waals surface area contributed by atoms with Gasteiger partial charge in [-0.15, -0.1) is 0 Å². The topological polar surface area (TPSA) is 83.5 Å². The van der Waals surface area contributed by atoms with Crippen molar-refractivity contribution in [3.63, 3.8) is 0 Å². The third kappa shape index (κ3) is 11.2. The van der Waals surface area contributed by atoms with Gasteiger partial charge in [-0.05, 0) is 12.8 Å². The highest BCUT2D eigenvalue weighted by molar-refractivity contribution is 7.85. The van der Waals surface area contributed by atoms with Gasteiger partial charge in [-0.3, -0.25) is 9.35 Å². The van der Waals surface area contributed by atoms with Crippen LogP contribution < -0.4 is 5.32 Å². The number of hydrogen-bond donors (Lipinski definition) is 2. The second-order valence-corrected chi connectivity index (χ2v) is 7.75. The van der Waals surface area contributed by atoms with E-state index >= 15 is 0 Å². The van der Waals surface area contributed by atoms with Crippen LogP contribution in [0.3, 0.4) is 0 Å². The van der Waals surface area contributed by atoms with Gasteiger partial charge in [0.25, 0.3) is 10.1 Å². The van der Waals surface area contributed by atoms with E-state index < -0.39 is 10.1 Å². The van der Waals surface area contributed by atoms with Gasteiger partial charge < -0.3 is 9.80 Å². The minimum atomic E-state index is -3.83. The van der Waals surface area contributed by atoms with Gasteiger partial charge in [0.1, 0.15) is 0 Å². The van der Waals surface area contributed by atoms with Gasteiger partial charge >= 0.3 is 0 Å². The van der Waals surface area contributed by atoms with Gasteiger partial charge in [0, 0.05) is 18.9 Å². The number of nitrogens with one attached hydrogen (secondary N) is 1. The lowest BCUT2D eigenvalue weighted by atomic mass is 10.2. The molecule has 0 heterocycles. The molecular formula is C13H29N2O4S+. The Hall–Kier alpha value is -0.660. The molecule has 0 unspecified atom stereocenters. The first kappa shape index (κ1) is 19.3. The zero-order valence-corrected chi connectivity index (χ0v) is 13.9. The first-order valence-corrected chi connectivity index (χ1v) is 8.69. The molecule has 0 aromatic rings. The summed E-state index contributed by atoms with van der Waals surface area (Å²) >= 11 is 0. The molecule has 0 radical (unpaired) electrons. The summed E-state index contributed by atoms with van der Waals surface area (Å²) in [6.45, 7) is 6.18. The fourth-order valence-corrected chi connectivity index (χ4v) is 2.43. The van der Waals surface area contributed by atoms with Crippen LogP contribution in [0.4, 0.5) is 0 Å². The first-order valence-electron chi connectivity index (χ1n) is 7.08. The maximum absolute atomic E-state index is 11.4. The number of carbonyl (C=O) groups is 1. The third-order valence-electron chi connectivity index (χ3n) is 3.18. The van der Waals surface area contributed by atoms with E-state index in [9.17, 15) is 13.2 Å². The number of amides is 1. The number of quaternary nitrogens is 1. The van der Waals surface area contributed by atoms with Crippen LogP contribution in [0.5, 0.6) is 0 Å². The van der Waals surface area contributed by atoms with E-state index in [0.717, 1.165) is 30.4 Å². The average Bonchev–Trinajstić information content (AvgIpc) is 2.29. The molecule has 0 saturated heterocycles. The van der Waals surface area contributed by atoms with Crippen molar-refractivity contribution < 1.29 is 22.2 Å². The molecule has 0 aromatic heterocycles. The minimum Gasteiger partial charge on any atom is -0.356 e. The van der Waals surface area contributed by atoms with Crippen molar-refractivity contribution >= 4 is 16.0 Å². The average molecular weight is 309 g/mol. The van der Waals surface area contributed by atoms with Crippen molar-refractivity contribution in [3.8, 4) is 0 Å². The fraction of sp³-hybridized carbons (Fsp3) is 0.923. The lowest BCUT2D eigenvalue weighted by molar-refractivity contribution is -0.890. The molecule has 0 spiro atoms. The Kier molecular flexibility index (Phi) is 8.30. The quantitative estimate of drug-likeness (QED) is 0.357. The van der Waals surface area contributed by atoms with Crippen LogP contribution in [0, 0.1) is 5.92 Å². The number of carbonyl (C=O) groups excluding carboxylic acids is 1. The number of nitrogens with zero attached hydrogens (tertiary/aromatic N) is 1. The molecule has 20 heavy (non-hydrogen) atoms. The molecule has 0 rings (SSSR count). The normalized spacial score (nSPS) is 12.7. The summed E-state index contributed by atoms with van der Waals surface area (Å²) in [7, 11) is 0.327. The SMILES string of the molecule is CC(C)C(=O)NCCC[N+](C)(C)CCCCS(=O)(=O)O. The van der Waals surface area contributed by atoms with Gasteiger partial charge in [0.2, 0.25) is 5.91 Å². The van der Waals surface area contributed by atoms with E-state index in [1.54, 1.807) is 0 Å². The molecule has 0 bridgehead atoms. The monoisotopic (exact) mass is 309 g/mol. The van der Waals surface area contributed by atoms with E-state index in [4.69, 9.17) is 4.55 Å². The second kappa shape index (κ2) is 8.59. The van der Waals surface area contributed by atoms with Crippen LogP contribution >= 0.6 is 0 Å². The summed E-state index contributed by atoms with van der Waals surface area (Å²) < 4.78 is 30.6. The summed E-state index contributed by atoms with van der Waals surface area (Å²) in [5, 5.41) is 2.88. The number of hydrogen-bond acceptors (Lipinski definition) is 3. The van der Waals surface area contributed by atoms with Crippen LogP contribution in [0.1, 0.15) is 33.1 Å². The zero-order chi connectivity index (χ0) is 15.8. The van der Waals surface area contributed by atoms with Crippen LogP contribution in [0.25, 0.3) is 0 Å². The minimum absolute atomic E-state index is 0.0120. The summed E-state index contributed by atoms with van der Waals surface area (Å²) in [4.78, 5) is 11.4. The van der Waals surface area contributed by atoms with Crippen LogP contribution in [0.2, 0.25) is 0 Å². The standard InChI is InChI=1S/C13H28N2O4S/c1-12(2)13(16)14-8-7-10-15(3,4)9-5-6-11-20(17,18)19/h12H,5-11H2,1-4H3,(H-,14,16,17,18,19)/p+1. The summed E-state index contributed by atoms with van der Waals surface area (Å²) in [5.74, 6) is -0.0846. The van der Waals surface area contributed by atoms with Crippen LogP contribution in [0.15, 0.2) is 0 Å². The molecule has 0 saturated carbocycles. The summed E-state index contributed by atoms with van der Waals surface area (Å²) in [6.07, 6.45) is 2.12. The Morgan fingerprint density at radius 2 is 1.70 bits per heavy atom. The second-order valence-electron chi connectivity index (χ2n) is 6.18. The maximum atomic E-state index is 11.4. The number of rotatable bonds is 10. The Balaban J connectivity index is 3.77. The molecule has 0 aliphatic rings. The van der Waals surface area contributed by atoms with Crippen LogP contribution in [-0.4, -0.2) is 62.8 Å². The molecular weight excluding hydrogens is 280 g/mol.